The zero-order valence-electron chi connectivity index (χ0n) is 8.68. The van der Waals surface area contributed by atoms with E-state index in [-0.39, 0.29) is 36.0 Å². The van der Waals surface area contributed by atoms with E-state index in [0.717, 1.165) is 18.6 Å². The Labute approximate surface area is 122 Å². The summed E-state index contributed by atoms with van der Waals surface area (Å²) >= 11 is -1.67. The van der Waals surface area contributed by atoms with Gasteiger partial charge in [-0.25, -0.2) is 4.21 Å². The van der Waals surface area contributed by atoms with Crippen LogP contribution in [-0.4, -0.2) is 66.7 Å². The normalized spacial score (nSPS) is 11.8. The van der Waals surface area contributed by atoms with Gasteiger partial charge in [0.1, 0.15) is 0 Å². The van der Waals surface area contributed by atoms with E-state index >= 15 is 0 Å². The third kappa shape index (κ3) is 17.9. The number of hydrogen-bond acceptors (Lipinski definition) is 4. The van der Waals surface area contributed by atoms with E-state index < -0.39 is 17.0 Å². The van der Waals surface area contributed by atoms with Gasteiger partial charge in [0.15, 0.2) is 11.1 Å². The Morgan fingerprint density at radius 2 is 1.80 bits per heavy atom. The van der Waals surface area contributed by atoms with Crippen LogP contribution in [0.4, 0.5) is 0 Å². The number of carboxylic acids is 1. The molecule has 0 aliphatic heterocycles. The van der Waals surface area contributed by atoms with Crippen LogP contribution in [-0.2, 0) is 15.9 Å². The summed E-state index contributed by atoms with van der Waals surface area (Å²) in [7, 11) is 3.16. The fourth-order valence-corrected chi connectivity index (χ4v) is 3.21. The Morgan fingerprint density at radius 1 is 1.20 bits per heavy atom. The molecule has 0 fully saturated rings. The fourth-order valence-electron chi connectivity index (χ4n) is 0.633. The standard InChI is InChI=1S/C7H14O4S3.Na/c8-7(9)3-5-13-12-4-1-2-6-14(10)11;/h1-6H2,(H,8,9)(H,10,11);. The predicted molar refractivity (Wildman–Crippen MR) is 67.8 cm³/mol. The summed E-state index contributed by atoms with van der Waals surface area (Å²) in [6, 6.07) is 0. The molecular formula is C7H14NaO4S3. The summed E-state index contributed by atoms with van der Waals surface area (Å²) in [4.78, 5) is 10.1. The maximum Gasteiger partial charge on any atom is 0.304 e. The molecule has 0 heterocycles. The van der Waals surface area contributed by atoms with Gasteiger partial charge >= 0.3 is 5.97 Å². The molecule has 0 rings (SSSR count). The molecule has 0 aromatic carbocycles. The number of hydrogen-bond donors (Lipinski definition) is 2. The Kier molecular flexibility index (Phi) is 16.6. The van der Waals surface area contributed by atoms with Gasteiger partial charge in [0.05, 0.1) is 6.42 Å². The van der Waals surface area contributed by atoms with E-state index in [9.17, 15) is 9.00 Å². The minimum atomic E-state index is -1.67. The molecule has 0 aliphatic rings. The van der Waals surface area contributed by atoms with Crippen LogP contribution in [0.3, 0.4) is 0 Å². The van der Waals surface area contributed by atoms with Gasteiger partial charge in [-0.15, -0.1) is 0 Å². The monoisotopic (exact) mass is 281 g/mol. The van der Waals surface area contributed by atoms with E-state index in [4.69, 9.17) is 9.66 Å². The quantitative estimate of drug-likeness (QED) is 0.288. The Hall–Kier alpha value is 1.28. The van der Waals surface area contributed by atoms with Crippen molar-refractivity contribution in [2.75, 3.05) is 17.3 Å². The topological polar surface area (TPSA) is 74.6 Å². The van der Waals surface area contributed by atoms with E-state index in [1.165, 1.54) is 10.8 Å². The van der Waals surface area contributed by atoms with Crippen molar-refractivity contribution in [1.29, 1.82) is 0 Å². The van der Waals surface area contributed by atoms with Crippen molar-refractivity contribution >= 4 is 68.2 Å². The summed E-state index contributed by atoms with van der Waals surface area (Å²) in [6.07, 6.45) is 1.84. The zero-order chi connectivity index (χ0) is 10.8. The average Bonchev–Trinajstić information content (AvgIpc) is 2.08. The number of rotatable bonds is 9. The molecule has 0 amide bonds. The van der Waals surface area contributed by atoms with E-state index in [1.54, 1.807) is 10.8 Å². The first-order chi connectivity index (χ1) is 6.63. The number of unbranched alkanes of at least 4 members (excludes halogenated alkanes) is 1. The molecule has 0 saturated carbocycles. The van der Waals surface area contributed by atoms with Crippen molar-refractivity contribution in [2.45, 2.75) is 19.3 Å². The first-order valence-electron chi connectivity index (χ1n) is 4.16. The van der Waals surface area contributed by atoms with Crippen LogP contribution in [0.15, 0.2) is 0 Å². The Morgan fingerprint density at radius 3 is 2.33 bits per heavy atom. The molecule has 0 aliphatic carbocycles. The molecule has 0 saturated heterocycles. The molecule has 0 aromatic rings. The second kappa shape index (κ2) is 13.3. The van der Waals surface area contributed by atoms with Crippen molar-refractivity contribution in [3.8, 4) is 0 Å². The zero-order valence-corrected chi connectivity index (χ0v) is 13.1. The minimum absolute atomic E-state index is 0. The molecule has 0 spiro atoms. The first kappa shape index (κ1) is 18.6. The third-order valence-corrected chi connectivity index (χ3v) is 4.41. The molecule has 1 radical (unpaired) electrons. The van der Waals surface area contributed by atoms with Crippen molar-refractivity contribution in [3.63, 3.8) is 0 Å². The van der Waals surface area contributed by atoms with Crippen LogP contribution in [0.5, 0.6) is 0 Å². The molecule has 85 valence electrons. The summed E-state index contributed by atoms with van der Waals surface area (Å²) in [5.74, 6) is 1.09. The summed E-state index contributed by atoms with van der Waals surface area (Å²) in [5.41, 5.74) is 0. The van der Waals surface area contributed by atoms with Crippen LogP contribution >= 0.6 is 21.6 Å². The maximum absolute atomic E-state index is 10.2. The SMILES string of the molecule is O=C(O)CCSSCCCCS(=O)O.[Na]. The van der Waals surface area contributed by atoms with Crippen molar-refractivity contribution in [3.05, 3.63) is 0 Å². The second-order valence-corrected chi connectivity index (χ2v) is 6.27. The van der Waals surface area contributed by atoms with Gasteiger partial charge in [0.25, 0.3) is 0 Å². The Balaban J connectivity index is 0. The van der Waals surface area contributed by atoms with Crippen molar-refractivity contribution in [1.82, 2.24) is 0 Å². The van der Waals surface area contributed by atoms with Gasteiger partial charge in [-0.1, -0.05) is 21.6 Å². The van der Waals surface area contributed by atoms with Crippen LogP contribution in [0, 0.1) is 0 Å². The van der Waals surface area contributed by atoms with Crippen LogP contribution in [0.2, 0.25) is 0 Å². The summed E-state index contributed by atoms with van der Waals surface area (Å²) in [5, 5.41) is 8.33. The molecule has 2 N–H and O–H groups in total. The first-order valence-corrected chi connectivity index (χ1v) is 7.93. The molecular weight excluding hydrogens is 267 g/mol. The largest absolute Gasteiger partial charge is 0.481 e. The Bertz CT molecular complexity index is 171. The van der Waals surface area contributed by atoms with Gasteiger partial charge < -0.3 is 9.66 Å². The minimum Gasteiger partial charge on any atom is -0.481 e. The fraction of sp³-hybridized carbons (Fsp3) is 0.857. The maximum atomic E-state index is 10.2. The summed E-state index contributed by atoms with van der Waals surface area (Å²) < 4.78 is 18.7. The molecule has 0 aromatic heterocycles. The van der Waals surface area contributed by atoms with E-state index in [1.807, 2.05) is 0 Å². The molecule has 4 nitrogen and oxygen atoms in total. The average molecular weight is 281 g/mol. The predicted octanol–water partition coefficient (Wildman–Crippen LogP) is 1.46. The van der Waals surface area contributed by atoms with Gasteiger partial charge in [0.2, 0.25) is 0 Å². The van der Waals surface area contributed by atoms with Crippen molar-refractivity contribution < 1.29 is 18.7 Å². The molecule has 15 heavy (non-hydrogen) atoms. The molecule has 8 heteroatoms. The van der Waals surface area contributed by atoms with Crippen LogP contribution in [0.1, 0.15) is 19.3 Å². The number of carbonyl (C=O) groups is 1. The van der Waals surface area contributed by atoms with Gasteiger partial charge in [-0.3, -0.25) is 4.79 Å². The van der Waals surface area contributed by atoms with Crippen LogP contribution < -0.4 is 0 Å². The van der Waals surface area contributed by atoms with E-state index in [2.05, 4.69) is 0 Å². The number of carboxylic acid groups (broad SMARTS) is 1. The van der Waals surface area contributed by atoms with Gasteiger partial charge in [-0.05, 0) is 12.8 Å². The second-order valence-electron chi connectivity index (χ2n) is 2.52. The third-order valence-electron chi connectivity index (χ3n) is 1.28. The molecule has 1 atom stereocenters. The molecule has 0 bridgehead atoms. The van der Waals surface area contributed by atoms with E-state index in [0.29, 0.717) is 11.5 Å². The number of aliphatic carboxylic acids is 1. The summed E-state index contributed by atoms with van der Waals surface area (Å²) in [6.45, 7) is 0. The van der Waals surface area contributed by atoms with Crippen LogP contribution in [0.25, 0.3) is 0 Å². The van der Waals surface area contributed by atoms with Crippen molar-refractivity contribution in [2.24, 2.45) is 0 Å². The smallest absolute Gasteiger partial charge is 0.304 e. The van der Waals surface area contributed by atoms with Gasteiger partial charge in [-0.2, -0.15) is 0 Å². The molecule has 1 unspecified atom stereocenters. The van der Waals surface area contributed by atoms with Gasteiger partial charge in [0, 0.05) is 46.8 Å².